The molecule has 33 heavy (non-hydrogen) atoms. The van der Waals surface area contributed by atoms with Crippen LogP contribution in [0.25, 0.3) is 22.6 Å². The van der Waals surface area contributed by atoms with Gasteiger partial charge in [-0.15, -0.1) is 0 Å². The van der Waals surface area contributed by atoms with Gasteiger partial charge in [0.1, 0.15) is 28.7 Å². The Morgan fingerprint density at radius 1 is 0.818 bits per heavy atom. The van der Waals surface area contributed by atoms with Crippen LogP contribution in [-0.4, -0.2) is 29.9 Å². The molecular formula is C19H8F6N8. The number of hydrogen-bond donors (Lipinski definition) is 1. The van der Waals surface area contributed by atoms with Gasteiger partial charge in [-0.25, -0.2) is 29.9 Å². The molecule has 0 unspecified atom stereocenters. The van der Waals surface area contributed by atoms with Gasteiger partial charge < -0.3 is 5.32 Å². The summed E-state index contributed by atoms with van der Waals surface area (Å²) in [7, 11) is 0. The molecule has 166 valence electrons. The van der Waals surface area contributed by atoms with Crippen LogP contribution < -0.4 is 5.32 Å². The predicted molar refractivity (Wildman–Crippen MR) is 101 cm³/mol. The molecule has 0 atom stereocenters. The highest BCUT2D eigenvalue weighted by atomic mass is 19.4. The van der Waals surface area contributed by atoms with Crippen LogP contribution in [0.5, 0.6) is 0 Å². The van der Waals surface area contributed by atoms with E-state index in [2.05, 4.69) is 35.2 Å². The van der Waals surface area contributed by atoms with Crippen molar-refractivity contribution in [3.8, 4) is 17.5 Å². The number of fused-ring (bicyclic) bond motifs is 1. The first kappa shape index (κ1) is 21.8. The zero-order chi connectivity index (χ0) is 23.8. The average Bonchev–Trinajstić information content (AvgIpc) is 2.77. The summed E-state index contributed by atoms with van der Waals surface area (Å²) in [5.74, 6) is -0.177. The molecule has 14 heteroatoms. The summed E-state index contributed by atoms with van der Waals surface area (Å²) in [6, 6.07) is 4.73. The SMILES string of the molecule is N#Cc1ccc(C(F)(F)F)c(-c2cnc3c(Nc4ncc(C(F)(F)F)cn4)ccnc3n2)n1. The van der Waals surface area contributed by atoms with Crippen LogP contribution in [0.2, 0.25) is 0 Å². The van der Waals surface area contributed by atoms with Gasteiger partial charge in [0.15, 0.2) is 5.65 Å². The Kier molecular flexibility index (Phi) is 5.24. The van der Waals surface area contributed by atoms with Gasteiger partial charge in [0.05, 0.1) is 23.0 Å². The quantitative estimate of drug-likeness (QED) is 0.442. The van der Waals surface area contributed by atoms with Crippen molar-refractivity contribution in [3.05, 3.63) is 59.8 Å². The van der Waals surface area contributed by atoms with E-state index in [4.69, 9.17) is 5.26 Å². The molecule has 1 N–H and O–H groups in total. The van der Waals surface area contributed by atoms with Gasteiger partial charge in [-0.3, -0.25) is 0 Å². The second-order valence-electron chi connectivity index (χ2n) is 6.41. The Hall–Kier alpha value is -4.41. The predicted octanol–water partition coefficient (Wildman–Crippen LogP) is 4.53. The molecule has 0 saturated carbocycles. The lowest BCUT2D eigenvalue weighted by molar-refractivity contribution is -0.138. The number of nitrogens with one attached hydrogen (secondary N) is 1. The molecule has 8 nitrogen and oxygen atoms in total. The summed E-state index contributed by atoms with van der Waals surface area (Å²) >= 11 is 0. The zero-order valence-corrected chi connectivity index (χ0v) is 15.9. The lowest BCUT2D eigenvalue weighted by Crippen LogP contribution is -2.10. The second-order valence-corrected chi connectivity index (χ2v) is 6.41. The second kappa shape index (κ2) is 7.93. The first-order valence-electron chi connectivity index (χ1n) is 8.83. The van der Waals surface area contributed by atoms with Gasteiger partial charge in [-0.2, -0.15) is 31.6 Å². The van der Waals surface area contributed by atoms with Crippen molar-refractivity contribution in [1.82, 2.24) is 29.9 Å². The minimum Gasteiger partial charge on any atom is -0.322 e. The van der Waals surface area contributed by atoms with Crippen molar-refractivity contribution in [1.29, 1.82) is 5.26 Å². The monoisotopic (exact) mass is 462 g/mol. The summed E-state index contributed by atoms with van der Waals surface area (Å²) in [6.45, 7) is 0. The minimum absolute atomic E-state index is 0.0818. The molecule has 0 bridgehead atoms. The van der Waals surface area contributed by atoms with E-state index >= 15 is 0 Å². The summed E-state index contributed by atoms with van der Waals surface area (Å²) in [4.78, 5) is 23.0. The van der Waals surface area contributed by atoms with Crippen molar-refractivity contribution in [2.45, 2.75) is 12.4 Å². The van der Waals surface area contributed by atoms with Crippen LogP contribution in [0.3, 0.4) is 0 Å². The van der Waals surface area contributed by atoms with E-state index in [9.17, 15) is 26.3 Å². The minimum atomic E-state index is -4.76. The molecule has 0 aromatic carbocycles. The first-order chi connectivity index (χ1) is 15.6. The van der Waals surface area contributed by atoms with Crippen molar-refractivity contribution in [2.24, 2.45) is 0 Å². The molecule has 4 heterocycles. The molecule has 4 rings (SSSR count). The highest BCUT2D eigenvalue weighted by molar-refractivity contribution is 5.87. The van der Waals surface area contributed by atoms with Crippen molar-refractivity contribution < 1.29 is 26.3 Å². The highest BCUT2D eigenvalue weighted by Crippen LogP contribution is 2.36. The average molecular weight is 462 g/mol. The largest absolute Gasteiger partial charge is 0.419 e. The molecule has 0 radical (unpaired) electrons. The highest BCUT2D eigenvalue weighted by Gasteiger charge is 2.35. The topological polar surface area (TPSA) is 113 Å². The van der Waals surface area contributed by atoms with Gasteiger partial charge in [0.2, 0.25) is 5.95 Å². The summed E-state index contributed by atoms with van der Waals surface area (Å²) in [6.07, 6.45) is -5.90. The van der Waals surface area contributed by atoms with Crippen LogP contribution in [0.1, 0.15) is 16.8 Å². The van der Waals surface area contributed by atoms with Crippen molar-refractivity contribution >= 4 is 22.8 Å². The number of nitrogens with zero attached hydrogens (tertiary/aromatic N) is 7. The van der Waals surface area contributed by atoms with Gasteiger partial charge in [-0.05, 0) is 18.2 Å². The lowest BCUT2D eigenvalue weighted by Gasteiger charge is -2.12. The molecule has 0 aliphatic heterocycles. The number of rotatable bonds is 3. The van der Waals surface area contributed by atoms with E-state index < -0.39 is 29.2 Å². The van der Waals surface area contributed by atoms with Crippen molar-refractivity contribution in [3.63, 3.8) is 0 Å². The molecular weight excluding hydrogens is 454 g/mol. The third-order valence-corrected chi connectivity index (χ3v) is 4.23. The normalized spacial score (nSPS) is 11.9. The number of aromatic nitrogens is 6. The number of anilines is 2. The maximum Gasteiger partial charge on any atom is 0.419 e. The smallest absolute Gasteiger partial charge is 0.322 e. The Labute approximate surface area is 180 Å². The number of halogens is 6. The fourth-order valence-corrected chi connectivity index (χ4v) is 2.74. The molecule has 0 amide bonds. The van der Waals surface area contributed by atoms with Crippen LogP contribution >= 0.6 is 0 Å². The third-order valence-electron chi connectivity index (χ3n) is 4.23. The van der Waals surface area contributed by atoms with E-state index in [1.54, 1.807) is 6.07 Å². The standard InChI is InChI=1S/C19H8F6N8/c20-18(21,22)9-6-29-17(30-7-9)33-12-3-4-27-16-15(12)28-8-13(32-16)14-11(19(23,24)25)2-1-10(5-26)31-14/h1-4,6-8H,(H,27,29,30,32,33). The maximum atomic E-state index is 13.4. The van der Waals surface area contributed by atoms with Gasteiger partial charge >= 0.3 is 12.4 Å². The van der Waals surface area contributed by atoms with Gasteiger partial charge in [-0.1, -0.05) is 0 Å². The number of alkyl halides is 6. The van der Waals surface area contributed by atoms with Crippen LogP contribution in [0.15, 0.2) is 43.0 Å². The number of pyridine rings is 2. The van der Waals surface area contributed by atoms with E-state index in [1.807, 2.05) is 0 Å². The molecule has 4 aromatic heterocycles. The Bertz CT molecular complexity index is 1380. The zero-order valence-electron chi connectivity index (χ0n) is 15.9. The molecule has 4 aromatic rings. The number of hydrogen-bond acceptors (Lipinski definition) is 8. The van der Waals surface area contributed by atoms with Gasteiger partial charge in [0.25, 0.3) is 0 Å². The Morgan fingerprint density at radius 2 is 1.55 bits per heavy atom. The van der Waals surface area contributed by atoms with Crippen molar-refractivity contribution in [2.75, 3.05) is 5.32 Å². The fourth-order valence-electron chi connectivity index (χ4n) is 2.74. The molecule has 0 aliphatic rings. The van der Waals surface area contributed by atoms with Crippen LogP contribution in [0.4, 0.5) is 38.0 Å². The van der Waals surface area contributed by atoms with E-state index in [0.29, 0.717) is 12.4 Å². The molecule has 0 fully saturated rings. The third kappa shape index (κ3) is 4.47. The molecule has 0 spiro atoms. The molecule has 0 aliphatic carbocycles. The lowest BCUT2D eigenvalue weighted by atomic mass is 10.1. The Balaban J connectivity index is 1.74. The summed E-state index contributed by atoms with van der Waals surface area (Å²) < 4.78 is 78.2. The van der Waals surface area contributed by atoms with Crippen LogP contribution in [-0.2, 0) is 12.4 Å². The van der Waals surface area contributed by atoms with Crippen LogP contribution in [0, 0.1) is 11.3 Å². The Morgan fingerprint density at radius 3 is 2.18 bits per heavy atom. The van der Waals surface area contributed by atoms with Gasteiger partial charge in [0, 0.05) is 18.6 Å². The maximum absolute atomic E-state index is 13.4. The van der Waals surface area contributed by atoms with E-state index in [0.717, 1.165) is 18.3 Å². The first-order valence-corrected chi connectivity index (χ1v) is 8.83. The van der Waals surface area contributed by atoms with E-state index in [-0.39, 0.29) is 34.2 Å². The fraction of sp³-hybridized carbons (Fsp3) is 0.105. The number of nitriles is 1. The summed E-state index contributed by atoms with van der Waals surface area (Å²) in [5.41, 5.74) is -3.05. The van der Waals surface area contributed by atoms with E-state index in [1.165, 1.54) is 12.3 Å². The summed E-state index contributed by atoms with van der Waals surface area (Å²) in [5, 5.41) is 11.7. The molecule has 0 saturated heterocycles.